The maximum atomic E-state index is 12.0. The van der Waals surface area contributed by atoms with Crippen LogP contribution in [0.2, 0.25) is 0 Å². The molecule has 0 saturated heterocycles. The molecule has 0 unspecified atom stereocenters. The summed E-state index contributed by atoms with van der Waals surface area (Å²) in [5.74, 6) is 0.0665. The third-order valence-corrected chi connectivity index (χ3v) is 3.07. The lowest BCUT2D eigenvalue weighted by Crippen LogP contribution is -2.35. The van der Waals surface area contributed by atoms with Crippen LogP contribution in [-0.2, 0) is 11.3 Å². The van der Waals surface area contributed by atoms with E-state index in [1.807, 2.05) is 45.0 Å². The van der Waals surface area contributed by atoms with Gasteiger partial charge in [-0.3, -0.25) is 9.59 Å². The molecule has 1 aromatic carbocycles. The molecule has 1 aromatic rings. The summed E-state index contributed by atoms with van der Waals surface area (Å²) in [5.41, 5.74) is 1.35. The number of Topliss-reactive ketones (excluding diaryl/α,β-unsaturated/α-hetero) is 1. The molecule has 0 fully saturated rings. The Labute approximate surface area is 101 Å². The molecule has 0 aromatic heterocycles. The van der Waals surface area contributed by atoms with E-state index in [9.17, 15) is 9.59 Å². The number of carbonyl (C=O) groups excluding carboxylic acids is 2. The van der Waals surface area contributed by atoms with Crippen LogP contribution in [0.4, 0.5) is 0 Å². The number of nitrogens with zero attached hydrogens (tertiary/aromatic N) is 1. The van der Waals surface area contributed by atoms with Crippen molar-refractivity contribution in [3.05, 3.63) is 35.4 Å². The topological polar surface area (TPSA) is 37.4 Å². The van der Waals surface area contributed by atoms with Crippen LogP contribution < -0.4 is 0 Å². The Morgan fingerprint density at radius 2 is 1.94 bits per heavy atom. The Kier molecular flexibility index (Phi) is 2.77. The zero-order valence-corrected chi connectivity index (χ0v) is 10.5. The molecular weight excluding hydrogens is 214 g/mol. The molecule has 3 nitrogen and oxygen atoms in total. The first-order valence-electron chi connectivity index (χ1n) is 5.80. The van der Waals surface area contributed by atoms with Gasteiger partial charge in [0.15, 0.2) is 5.78 Å². The van der Waals surface area contributed by atoms with Crippen LogP contribution >= 0.6 is 0 Å². The van der Waals surface area contributed by atoms with Crippen molar-refractivity contribution in [3.8, 4) is 0 Å². The van der Waals surface area contributed by atoms with Crippen LogP contribution in [0, 0.1) is 5.41 Å². The number of ketones is 1. The van der Waals surface area contributed by atoms with E-state index in [-0.39, 0.29) is 18.2 Å². The van der Waals surface area contributed by atoms with Gasteiger partial charge in [-0.25, -0.2) is 0 Å². The smallest absolute Gasteiger partial charge is 0.254 e. The first-order valence-corrected chi connectivity index (χ1v) is 5.80. The number of rotatable bonds is 2. The van der Waals surface area contributed by atoms with Gasteiger partial charge in [0.25, 0.3) is 5.91 Å². The molecule has 1 aliphatic heterocycles. The van der Waals surface area contributed by atoms with Crippen LogP contribution in [0.25, 0.3) is 0 Å². The monoisotopic (exact) mass is 231 g/mol. The Balaban J connectivity index is 2.14. The predicted molar refractivity (Wildman–Crippen MR) is 65.6 cm³/mol. The molecule has 0 N–H and O–H groups in total. The molecule has 0 spiro atoms. The van der Waals surface area contributed by atoms with E-state index in [0.29, 0.717) is 6.54 Å². The Morgan fingerprint density at radius 1 is 1.29 bits per heavy atom. The van der Waals surface area contributed by atoms with Gasteiger partial charge >= 0.3 is 0 Å². The molecule has 90 valence electrons. The molecule has 2 rings (SSSR count). The van der Waals surface area contributed by atoms with Gasteiger partial charge in [-0.2, -0.15) is 0 Å². The van der Waals surface area contributed by atoms with E-state index in [1.54, 1.807) is 4.90 Å². The van der Waals surface area contributed by atoms with Gasteiger partial charge in [0.2, 0.25) is 0 Å². The molecular formula is C14H17NO2. The van der Waals surface area contributed by atoms with Crippen molar-refractivity contribution in [2.75, 3.05) is 6.54 Å². The molecule has 3 heteroatoms. The third-order valence-electron chi connectivity index (χ3n) is 3.07. The minimum absolute atomic E-state index is 0.0294. The molecule has 0 saturated carbocycles. The molecule has 1 amide bonds. The molecule has 0 atom stereocenters. The van der Waals surface area contributed by atoms with Gasteiger partial charge in [0, 0.05) is 17.5 Å². The molecule has 17 heavy (non-hydrogen) atoms. The average Bonchev–Trinajstić information content (AvgIpc) is 2.55. The number of hydrogen-bond acceptors (Lipinski definition) is 2. The van der Waals surface area contributed by atoms with Crippen LogP contribution in [-0.4, -0.2) is 23.1 Å². The number of fused-ring (bicyclic) bond motifs is 1. The lowest BCUT2D eigenvalue weighted by molar-refractivity contribution is -0.127. The van der Waals surface area contributed by atoms with Gasteiger partial charge in [-0.05, 0) is 11.6 Å². The van der Waals surface area contributed by atoms with E-state index in [4.69, 9.17) is 0 Å². The predicted octanol–water partition coefficient (Wildman–Crippen LogP) is 2.26. The Bertz CT molecular complexity index is 471. The van der Waals surface area contributed by atoms with Gasteiger partial charge in [0.1, 0.15) is 0 Å². The van der Waals surface area contributed by atoms with Crippen molar-refractivity contribution in [2.24, 2.45) is 5.41 Å². The number of hydrogen-bond donors (Lipinski definition) is 0. The molecule has 1 heterocycles. The number of amides is 1. The van der Waals surface area contributed by atoms with Gasteiger partial charge in [-0.1, -0.05) is 39.0 Å². The molecule has 1 aliphatic rings. The van der Waals surface area contributed by atoms with Crippen molar-refractivity contribution >= 4 is 11.7 Å². The maximum Gasteiger partial charge on any atom is 0.254 e. The second-order valence-electron chi connectivity index (χ2n) is 5.49. The minimum atomic E-state index is -0.394. The second-order valence-corrected chi connectivity index (χ2v) is 5.49. The average molecular weight is 231 g/mol. The van der Waals surface area contributed by atoms with Crippen molar-refractivity contribution in [1.82, 2.24) is 4.90 Å². The zero-order valence-electron chi connectivity index (χ0n) is 10.5. The maximum absolute atomic E-state index is 12.0. The summed E-state index contributed by atoms with van der Waals surface area (Å²) in [5, 5.41) is 0. The summed E-state index contributed by atoms with van der Waals surface area (Å²) in [6.45, 7) is 6.39. The largest absolute Gasteiger partial charge is 0.327 e. The van der Waals surface area contributed by atoms with Gasteiger partial charge in [0.05, 0.1) is 6.54 Å². The van der Waals surface area contributed by atoms with Crippen LogP contribution in [0.1, 0.15) is 36.7 Å². The summed E-state index contributed by atoms with van der Waals surface area (Å²) in [4.78, 5) is 25.6. The highest BCUT2D eigenvalue weighted by molar-refractivity contribution is 6.00. The fourth-order valence-electron chi connectivity index (χ4n) is 1.85. The standard InChI is InChI=1S/C14H17NO2/c1-14(2,3)12(16)9-15-8-10-6-4-5-7-11(10)13(15)17/h4-7H,8-9H2,1-3H3. The second kappa shape index (κ2) is 3.99. The lowest BCUT2D eigenvalue weighted by atomic mass is 9.90. The number of carbonyl (C=O) groups is 2. The summed E-state index contributed by atoms with van der Waals surface area (Å²) >= 11 is 0. The summed E-state index contributed by atoms with van der Waals surface area (Å²) in [6.07, 6.45) is 0. The van der Waals surface area contributed by atoms with Crippen LogP contribution in [0.5, 0.6) is 0 Å². The first-order chi connectivity index (χ1) is 7.89. The highest BCUT2D eigenvalue weighted by Gasteiger charge is 2.31. The van der Waals surface area contributed by atoms with Crippen molar-refractivity contribution in [3.63, 3.8) is 0 Å². The van der Waals surface area contributed by atoms with Crippen molar-refractivity contribution in [2.45, 2.75) is 27.3 Å². The van der Waals surface area contributed by atoms with E-state index in [2.05, 4.69) is 0 Å². The lowest BCUT2D eigenvalue weighted by Gasteiger charge is -2.21. The first kappa shape index (κ1) is 11.8. The van der Waals surface area contributed by atoms with E-state index < -0.39 is 5.41 Å². The van der Waals surface area contributed by atoms with E-state index in [1.165, 1.54) is 0 Å². The number of benzene rings is 1. The quantitative estimate of drug-likeness (QED) is 0.783. The summed E-state index contributed by atoms with van der Waals surface area (Å²) in [7, 11) is 0. The van der Waals surface area contributed by atoms with Crippen molar-refractivity contribution in [1.29, 1.82) is 0 Å². The zero-order chi connectivity index (χ0) is 12.6. The minimum Gasteiger partial charge on any atom is -0.327 e. The summed E-state index contributed by atoms with van der Waals surface area (Å²) < 4.78 is 0. The molecule has 0 aliphatic carbocycles. The van der Waals surface area contributed by atoms with Crippen molar-refractivity contribution < 1.29 is 9.59 Å². The normalized spacial score (nSPS) is 15.0. The molecule has 0 bridgehead atoms. The van der Waals surface area contributed by atoms with Gasteiger partial charge in [-0.15, -0.1) is 0 Å². The highest BCUT2D eigenvalue weighted by atomic mass is 16.2. The van der Waals surface area contributed by atoms with Gasteiger partial charge < -0.3 is 4.90 Å². The highest BCUT2D eigenvalue weighted by Crippen LogP contribution is 2.24. The van der Waals surface area contributed by atoms with E-state index >= 15 is 0 Å². The van der Waals surface area contributed by atoms with E-state index in [0.717, 1.165) is 11.1 Å². The molecule has 0 radical (unpaired) electrons. The fourth-order valence-corrected chi connectivity index (χ4v) is 1.85. The SMILES string of the molecule is CC(C)(C)C(=O)CN1Cc2ccccc2C1=O. The fraction of sp³-hybridized carbons (Fsp3) is 0.429. The Hall–Kier alpha value is -1.64. The third kappa shape index (κ3) is 2.23. The van der Waals surface area contributed by atoms with Crippen LogP contribution in [0.3, 0.4) is 0 Å². The summed E-state index contributed by atoms with van der Waals surface area (Å²) in [6, 6.07) is 7.53. The van der Waals surface area contributed by atoms with Crippen LogP contribution in [0.15, 0.2) is 24.3 Å². The Morgan fingerprint density at radius 3 is 2.53 bits per heavy atom.